The summed E-state index contributed by atoms with van der Waals surface area (Å²) in [6, 6.07) is 6.76. The maximum Gasteiger partial charge on any atom is 0.191 e. The smallest absolute Gasteiger partial charge is 0.191 e. The van der Waals surface area contributed by atoms with Gasteiger partial charge < -0.3 is 19.9 Å². The van der Waals surface area contributed by atoms with Crippen molar-refractivity contribution < 1.29 is 9.13 Å². The molecular weight excluding hydrogens is 409 g/mol. The van der Waals surface area contributed by atoms with Gasteiger partial charge in [-0.2, -0.15) is 0 Å². The van der Waals surface area contributed by atoms with E-state index in [1.54, 1.807) is 12.1 Å². The SMILES string of the molecule is CCC(CNC(=NCc1nnc(C)n1C)NCC1CCCN1CC)Oc1cccc(F)c1. The Hall–Kier alpha value is -2.68. The molecule has 0 bridgehead atoms. The standard InChI is InChI=1S/C23H36FN7O/c1-5-20(32-21-11-7-9-18(24)13-21)15-26-23(25-14-19-10-8-12-31(19)6-2)27-16-22-29-28-17(3)30(22)4/h7,9,11,13,19-20H,5-6,8,10,12,14-16H2,1-4H3,(H2,25,26,27). The lowest BCUT2D eigenvalue weighted by atomic mass is 10.2. The Morgan fingerprint density at radius 1 is 1.31 bits per heavy atom. The molecule has 1 fully saturated rings. The van der Waals surface area contributed by atoms with Crippen LogP contribution in [0.2, 0.25) is 0 Å². The van der Waals surface area contributed by atoms with Gasteiger partial charge in [0.05, 0.1) is 6.54 Å². The van der Waals surface area contributed by atoms with Gasteiger partial charge in [-0.25, -0.2) is 9.38 Å². The molecule has 1 aliphatic heterocycles. The van der Waals surface area contributed by atoms with Gasteiger partial charge in [-0.05, 0) is 51.4 Å². The van der Waals surface area contributed by atoms with Gasteiger partial charge in [-0.1, -0.05) is 19.9 Å². The first-order chi connectivity index (χ1) is 15.5. The number of aryl methyl sites for hydroxylation is 1. The molecule has 176 valence electrons. The van der Waals surface area contributed by atoms with Crippen LogP contribution in [0, 0.1) is 12.7 Å². The molecule has 8 nitrogen and oxygen atoms in total. The van der Waals surface area contributed by atoms with E-state index in [1.807, 2.05) is 18.5 Å². The minimum Gasteiger partial charge on any atom is -0.489 e. The third-order valence-corrected chi connectivity index (χ3v) is 6.02. The summed E-state index contributed by atoms with van der Waals surface area (Å²) in [4.78, 5) is 7.24. The number of halogens is 1. The minimum atomic E-state index is -0.301. The van der Waals surface area contributed by atoms with Crippen molar-refractivity contribution in [3.8, 4) is 5.75 Å². The molecule has 2 N–H and O–H groups in total. The summed E-state index contributed by atoms with van der Waals surface area (Å²) < 4.78 is 21.4. The van der Waals surface area contributed by atoms with Crippen molar-refractivity contribution in [1.29, 1.82) is 0 Å². The number of aliphatic imine (C=N–C) groups is 1. The zero-order chi connectivity index (χ0) is 22.9. The summed E-state index contributed by atoms with van der Waals surface area (Å²) in [5, 5.41) is 15.2. The first-order valence-corrected chi connectivity index (χ1v) is 11.5. The number of hydrogen-bond acceptors (Lipinski definition) is 5. The summed E-state index contributed by atoms with van der Waals surface area (Å²) in [6.45, 7) is 10.2. The van der Waals surface area contributed by atoms with Crippen LogP contribution < -0.4 is 15.4 Å². The van der Waals surface area contributed by atoms with Gasteiger partial charge in [-0.3, -0.25) is 4.90 Å². The monoisotopic (exact) mass is 445 g/mol. The molecule has 3 rings (SSSR count). The van der Waals surface area contributed by atoms with E-state index >= 15 is 0 Å². The van der Waals surface area contributed by atoms with Gasteiger partial charge in [0.15, 0.2) is 11.8 Å². The fourth-order valence-electron chi connectivity index (χ4n) is 3.88. The van der Waals surface area contributed by atoms with Crippen LogP contribution in [-0.4, -0.2) is 63.9 Å². The van der Waals surface area contributed by atoms with E-state index in [0.717, 1.165) is 43.7 Å². The molecule has 0 spiro atoms. The normalized spacial score (nSPS) is 18.0. The molecule has 32 heavy (non-hydrogen) atoms. The Kier molecular flexibility index (Phi) is 8.84. The molecule has 2 atom stereocenters. The number of likely N-dealkylation sites (N-methyl/N-ethyl adjacent to an activating group) is 1. The van der Waals surface area contributed by atoms with E-state index in [4.69, 9.17) is 9.73 Å². The van der Waals surface area contributed by atoms with E-state index in [1.165, 1.54) is 25.0 Å². The van der Waals surface area contributed by atoms with Crippen LogP contribution in [0.25, 0.3) is 0 Å². The second kappa shape index (κ2) is 11.8. The lowest BCUT2D eigenvalue weighted by Gasteiger charge is -2.25. The van der Waals surface area contributed by atoms with Crippen LogP contribution in [-0.2, 0) is 13.6 Å². The summed E-state index contributed by atoms with van der Waals surface area (Å²) in [5.74, 6) is 2.61. The fourth-order valence-corrected chi connectivity index (χ4v) is 3.88. The van der Waals surface area contributed by atoms with Crippen LogP contribution in [0.5, 0.6) is 5.75 Å². The van der Waals surface area contributed by atoms with E-state index < -0.39 is 0 Å². The van der Waals surface area contributed by atoms with Crippen molar-refractivity contribution in [2.45, 2.75) is 58.7 Å². The summed E-state index contributed by atoms with van der Waals surface area (Å²) in [7, 11) is 1.94. The van der Waals surface area contributed by atoms with Crippen molar-refractivity contribution in [3.05, 3.63) is 41.7 Å². The Balaban J connectivity index is 1.63. The van der Waals surface area contributed by atoms with Crippen molar-refractivity contribution in [3.63, 3.8) is 0 Å². The largest absolute Gasteiger partial charge is 0.489 e. The summed E-state index contributed by atoms with van der Waals surface area (Å²) >= 11 is 0. The van der Waals surface area contributed by atoms with E-state index in [-0.39, 0.29) is 11.9 Å². The van der Waals surface area contributed by atoms with E-state index in [0.29, 0.717) is 24.9 Å². The van der Waals surface area contributed by atoms with E-state index in [9.17, 15) is 4.39 Å². The van der Waals surface area contributed by atoms with Gasteiger partial charge in [-0.15, -0.1) is 10.2 Å². The zero-order valence-corrected chi connectivity index (χ0v) is 19.6. The number of nitrogens with zero attached hydrogens (tertiary/aromatic N) is 5. The quantitative estimate of drug-likeness (QED) is 0.432. The zero-order valence-electron chi connectivity index (χ0n) is 19.6. The molecule has 0 amide bonds. The number of aromatic nitrogens is 3. The molecule has 0 radical (unpaired) electrons. The van der Waals surface area contributed by atoms with Gasteiger partial charge in [0.2, 0.25) is 0 Å². The molecule has 0 saturated carbocycles. The molecule has 1 aromatic heterocycles. The highest BCUT2D eigenvalue weighted by Gasteiger charge is 2.23. The van der Waals surface area contributed by atoms with Crippen LogP contribution in [0.3, 0.4) is 0 Å². The van der Waals surface area contributed by atoms with Gasteiger partial charge in [0, 0.05) is 25.7 Å². The fraction of sp³-hybridized carbons (Fsp3) is 0.609. The third kappa shape index (κ3) is 6.66. The number of guanidine groups is 1. The van der Waals surface area contributed by atoms with Gasteiger partial charge in [0.1, 0.15) is 30.0 Å². The summed E-state index contributed by atoms with van der Waals surface area (Å²) in [5.41, 5.74) is 0. The predicted molar refractivity (Wildman–Crippen MR) is 124 cm³/mol. The maximum absolute atomic E-state index is 13.5. The van der Waals surface area contributed by atoms with Crippen molar-refractivity contribution in [1.82, 2.24) is 30.3 Å². The van der Waals surface area contributed by atoms with Crippen molar-refractivity contribution in [2.75, 3.05) is 26.2 Å². The number of likely N-dealkylation sites (tertiary alicyclic amines) is 1. The highest BCUT2D eigenvalue weighted by atomic mass is 19.1. The molecule has 1 aromatic carbocycles. The van der Waals surface area contributed by atoms with Gasteiger partial charge in [0.25, 0.3) is 0 Å². The molecule has 1 saturated heterocycles. The van der Waals surface area contributed by atoms with Crippen LogP contribution in [0.15, 0.2) is 29.3 Å². The Bertz CT molecular complexity index is 885. The third-order valence-electron chi connectivity index (χ3n) is 6.02. The van der Waals surface area contributed by atoms with Gasteiger partial charge >= 0.3 is 0 Å². The average Bonchev–Trinajstić information content (AvgIpc) is 3.38. The minimum absolute atomic E-state index is 0.112. The van der Waals surface area contributed by atoms with Crippen LogP contribution in [0.4, 0.5) is 4.39 Å². The number of rotatable bonds is 10. The summed E-state index contributed by atoms with van der Waals surface area (Å²) in [6.07, 6.45) is 3.10. The number of hydrogen-bond donors (Lipinski definition) is 2. The first kappa shape index (κ1) is 24.0. The first-order valence-electron chi connectivity index (χ1n) is 11.5. The molecule has 1 aliphatic rings. The highest BCUT2D eigenvalue weighted by Crippen LogP contribution is 2.16. The molecule has 9 heteroatoms. The lowest BCUT2D eigenvalue weighted by molar-refractivity contribution is 0.198. The Labute approximate surface area is 190 Å². The van der Waals surface area contributed by atoms with Crippen molar-refractivity contribution in [2.24, 2.45) is 12.0 Å². The Morgan fingerprint density at radius 3 is 2.84 bits per heavy atom. The molecule has 2 unspecified atom stereocenters. The van der Waals surface area contributed by atoms with Crippen molar-refractivity contribution >= 4 is 5.96 Å². The molecule has 2 aromatic rings. The average molecular weight is 446 g/mol. The second-order valence-corrected chi connectivity index (χ2v) is 8.18. The van der Waals surface area contributed by atoms with Crippen LogP contribution >= 0.6 is 0 Å². The molecular formula is C23H36FN7O. The highest BCUT2D eigenvalue weighted by molar-refractivity contribution is 5.79. The van der Waals surface area contributed by atoms with E-state index in [2.05, 4.69) is 39.6 Å². The molecule has 0 aliphatic carbocycles. The second-order valence-electron chi connectivity index (χ2n) is 8.18. The topological polar surface area (TPSA) is 79.6 Å². The molecule has 2 heterocycles. The maximum atomic E-state index is 13.5. The van der Waals surface area contributed by atoms with Crippen LogP contribution in [0.1, 0.15) is 44.8 Å². The number of ether oxygens (including phenoxy) is 1. The Morgan fingerprint density at radius 2 is 2.16 bits per heavy atom. The lowest BCUT2D eigenvalue weighted by Crippen LogP contribution is -2.47. The number of benzene rings is 1. The number of nitrogens with one attached hydrogen (secondary N) is 2. The predicted octanol–water partition coefficient (Wildman–Crippen LogP) is 2.64.